The van der Waals surface area contributed by atoms with E-state index in [9.17, 15) is 0 Å². The molecule has 0 radical (unpaired) electrons. The van der Waals surface area contributed by atoms with E-state index in [2.05, 4.69) is 51.1 Å². The van der Waals surface area contributed by atoms with Crippen LogP contribution in [0.4, 0.5) is 0 Å². The summed E-state index contributed by atoms with van der Waals surface area (Å²) in [5.41, 5.74) is 4.07. The zero-order valence-corrected chi connectivity index (χ0v) is 11.1. The summed E-state index contributed by atoms with van der Waals surface area (Å²) in [7, 11) is 0. The molecule has 2 atom stereocenters. The molecule has 0 unspecified atom stereocenters. The largest absolute Gasteiger partial charge is 0.370 e. The molecule has 1 aliphatic rings. The molecule has 0 fully saturated rings. The molecule has 0 N–H and O–H groups in total. The van der Waals surface area contributed by atoms with E-state index in [1.54, 1.807) is 0 Å². The molecular weight excluding hydrogens is 208 g/mol. The van der Waals surface area contributed by atoms with Gasteiger partial charge in [-0.1, -0.05) is 41.5 Å². The number of benzene rings is 1. The van der Waals surface area contributed by atoms with E-state index in [4.69, 9.17) is 4.74 Å². The van der Waals surface area contributed by atoms with Crippen molar-refractivity contribution in [2.24, 2.45) is 0 Å². The number of ether oxygens (including phenoxy) is 1. The topological polar surface area (TPSA) is 9.23 Å². The molecule has 0 bridgehead atoms. The maximum atomic E-state index is 6.16. The average Bonchev–Trinajstić information content (AvgIpc) is 2.26. The normalized spacial score (nSPS) is 29.0. The Morgan fingerprint density at radius 3 is 2.82 bits per heavy atom. The fourth-order valence-corrected chi connectivity index (χ4v) is 2.40. The van der Waals surface area contributed by atoms with Crippen LogP contribution in [-0.2, 0) is 4.74 Å². The highest BCUT2D eigenvalue weighted by Crippen LogP contribution is 2.30. The Bertz CT molecular complexity index is 406. The molecule has 2 rings (SSSR count). The molecule has 17 heavy (non-hydrogen) atoms. The summed E-state index contributed by atoms with van der Waals surface area (Å²) < 4.78 is 6.16. The molecule has 1 aromatic rings. The van der Waals surface area contributed by atoms with E-state index in [0.29, 0.717) is 6.10 Å². The lowest BCUT2D eigenvalue weighted by molar-refractivity contribution is -0.00902. The molecule has 0 saturated carbocycles. The van der Waals surface area contributed by atoms with Gasteiger partial charge in [-0.05, 0) is 45.6 Å². The van der Waals surface area contributed by atoms with E-state index in [1.165, 1.54) is 16.7 Å². The van der Waals surface area contributed by atoms with Crippen LogP contribution in [0.2, 0.25) is 0 Å². The summed E-state index contributed by atoms with van der Waals surface area (Å²) in [5.74, 6) is 0. The van der Waals surface area contributed by atoms with Crippen LogP contribution in [0.1, 0.15) is 50.3 Å². The van der Waals surface area contributed by atoms with Gasteiger partial charge in [-0.15, -0.1) is 0 Å². The zero-order chi connectivity index (χ0) is 12.3. The van der Waals surface area contributed by atoms with E-state index < -0.39 is 0 Å². The van der Waals surface area contributed by atoms with E-state index >= 15 is 0 Å². The van der Waals surface area contributed by atoms with Gasteiger partial charge in [-0.3, -0.25) is 0 Å². The lowest BCUT2D eigenvalue weighted by atomic mass is 9.98. The van der Waals surface area contributed by atoms with E-state index in [1.807, 2.05) is 0 Å². The minimum absolute atomic E-state index is 0.224. The predicted octanol–water partition coefficient (Wildman–Crippen LogP) is 4.57. The SMILES string of the molecule is C/C1=C/CC[C@H](C)O[C@H](c2cccc(C)c2)C1. The molecule has 0 spiro atoms. The molecule has 1 aromatic carbocycles. The Morgan fingerprint density at radius 1 is 1.24 bits per heavy atom. The van der Waals surface area contributed by atoms with E-state index in [0.717, 1.165) is 19.3 Å². The Morgan fingerprint density at radius 2 is 2.06 bits per heavy atom. The van der Waals surface area contributed by atoms with Crippen molar-refractivity contribution >= 4 is 0 Å². The van der Waals surface area contributed by atoms with Gasteiger partial charge in [0.25, 0.3) is 0 Å². The first-order valence-electron chi connectivity index (χ1n) is 6.53. The molecule has 0 aliphatic carbocycles. The maximum Gasteiger partial charge on any atom is 0.0865 e. The first-order valence-corrected chi connectivity index (χ1v) is 6.53. The van der Waals surface area contributed by atoms with Crippen LogP contribution in [-0.4, -0.2) is 6.10 Å². The van der Waals surface area contributed by atoms with Crippen molar-refractivity contribution < 1.29 is 4.74 Å². The third-order valence-corrected chi connectivity index (χ3v) is 3.38. The highest BCUT2D eigenvalue weighted by atomic mass is 16.5. The first kappa shape index (κ1) is 12.4. The molecule has 0 saturated heterocycles. The molecule has 0 amide bonds. The van der Waals surface area contributed by atoms with Gasteiger partial charge in [-0.25, -0.2) is 0 Å². The smallest absolute Gasteiger partial charge is 0.0865 e. The third-order valence-electron chi connectivity index (χ3n) is 3.38. The Labute approximate surface area is 104 Å². The van der Waals surface area contributed by atoms with Crippen molar-refractivity contribution in [1.29, 1.82) is 0 Å². The number of rotatable bonds is 1. The van der Waals surface area contributed by atoms with Gasteiger partial charge >= 0.3 is 0 Å². The number of hydrogen-bond acceptors (Lipinski definition) is 1. The predicted molar refractivity (Wildman–Crippen MR) is 72.1 cm³/mol. The summed E-state index contributed by atoms with van der Waals surface area (Å²) in [4.78, 5) is 0. The standard InChI is InChI=1S/C16H22O/c1-12-7-5-9-15(10-12)16-11-13(2)6-4-8-14(3)17-16/h5-7,9-10,14,16H,4,8,11H2,1-3H3/b13-6-/t14-,16-/m0/s1. The fraction of sp³-hybridized carbons (Fsp3) is 0.500. The highest BCUT2D eigenvalue weighted by Gasteiger charge is 2.18. The van der Waals surface area contributed by atoms with Crippen molar-refractivity contribution in [3.05, 3.63) is 47.0 Å². The van der Waals surface area contributed by atoms with Gasteiger partial charge < -0.3 is 4.74 Å². The van der Waals surface area contributed by atoms with Gasteiger partial charge in [0, 0.05) is 0 Å². The van der Waals surface area contributed by atoms with Gasteiger partial charge in [0.05, 0.1) is 12.2 Å². The first-order chi connectivity index (χ1) is 8.15. The number of aryl methyl sites for hydroxylation is 1. The molecule has 92 valence electrons. The second kappa shape index (κ2) is 5.50. The van der Waals surface area contributed by atoms with Gasteiger partial charge in [0.2, 0.25) is 0 Å². The number of allylic oxidation sites excluding steroid dienone is 1. The Hall–Kier alpha value is -1.08. The Balaban J connectivity index is 2.22. The van der Waals surface area contributed by atoms with Crippen LogP contribution in [0.3, 0.4) is 0 Å². The molecule has 0 aromatic heterocycles. The highest BCUT2D eigenvalue weighted by molar-refractivity contribution is 5.25. The van der Waals surface area contributed by atoms with Gasteiger partial charge in [0.1, 0.15) is 0 Å². The summed E-state index contributed by atoms with van der Waals surface area (Å²) >= 11 is 0. The molecular formula is C16H22O. The zero-order valence-electron chi connectivity index (χ0n) is 11.1. The molecule has 1 heteroatoms. The minimum Gasteiger partial charge on any atom is -0.370 e. The summed E-state index contributed by atoms with van der Waals surface area (Å²) in [5, 5.41) is 0. The van der Waals surface area contributed by atoms with Gasteiger partial charge in [-0.2, -0.15) is 0 Å². The average molecular weight is 230 g/mol. The van der Waals surface area contributed by atoms with Crippen LogP contribution < -0.4 is 0 Å². The molecule has 1 heterocycles. The quantitative estimate of drug-likeness (QED) is 0.642. The lowest BCUT2D eigenvalue weighted by Gasteiger charge is -2.25. The minimum atomic E-state index is 0.224. The molecule has 1 nitrogen and oxygen atoms in total. The van der Waals surface area contributed by atoms with Crippen LogP contribution in [0.5, 0.6) is 0 Å². The summed E-state index contributed by atoms with van der Waals surface area (Å²) in [6, 6.07) is 8.68. The van der Waals surface area contributed by atoms with Crippen molar-refractivity contribution in [3.8, 4) is 0 Å². The van der Waals surface area contributed by atoms with E-state index in [-0.39, 0.29) is 6.10 Å². The maximum absolute atomic E-state index is 6.16. The second-order valence-corrected chi connectivity index (χ2v) is 5.18. The molecule has 1 aliphatic heterocycles. The Kier molecular flexibility index (Phi) is 4.01. The van der Waals surface area contributed by atoms with Crippen LogP contribution >= 0.6 is 0 Å². The number of hydrogen-bond donors (Lipinski definition) is 0. The van der Waals surface area contributed by atoms with Crippen LogP contribution in [0.25, 0.3) is 0 Å². The van der Waals surface area contributed by atoms with Crippen LogP contribution in [0, 0.1) is 6.92 Å². The van der Waals surface area contributed by atoms with Crippen molar-refractivity contribution in [2.75, 3.05) is 0 Å². The monoisotopic (exact) mass is 230 g/mol. The van der Waals surface area contributed by atoms with Crippen LogP contribution in [0.15, 0.2) is 35.9 Å². The third kappa shape index (κ3) is 3.44. The summed E-state index contributed by atoms with van der Waals surface area (Å²) in [6.07, 6.45) is 6.23. The second-order valence-electron chi connectivity index (χ2n) is 5.18. The summed E-state index contributed by atoms with van der Waals surface area (Å²) in [6.45, 7) is 6.53. The van der Waals surface area contributed by atoms with Gasteiger partial charge in [0.15, 0.2) is 0 Å². The van der Waals surface area contributed by atoms with Crippen molar-refractivity contribution in [2.45, 2.75) is 52.2 Å². The lowest BCUT2D eigenvalue weighted by Crippen LogP contribution is -2.16. The fourth-order valence-electron chi connectivity index (χ4n) is 2.40. The van der Waals surface area contributed by atoms with Crippen molar-refractivity contribution in [1.82, 2.24) is 0 Å². The van der Waals surface area contributed by atoms with Crippen molar-refractivity contribution in [3.63, 3.8) is 0 Å².